The number of hydrogen-bond donors (Lipinski definition) is 2. The number of carbonyl (C=O) groups excluding carboxylic acids is 1. The van der Waals surface area contributed by atoms with Gasteiger partial charge < -0.3 is 15.3 Å². The van der Waals surface area contributed by atoms with Gasteiger partial charge in [0.15, 0.2) is 0 Å². The highest BCUT2D eigenvalue weighted by molar-refractivity contribution is 5.96. The van der Waals surface area contributed by atoms with E-state index in [2.05, 4.69) is 58.7 Å². The van der Waals surface area contributed by atoms with Crippen LogP contribution in [0.15, 0.2) is 109 Å². The largest absolute Gasteiger partial charge is 0.478 e. The average Bonchev–Trinajstić information content (AvgIpc) is 3.01. The monoisotopic (exact) mass is 540 g/mol. The number of anilines is 1. The lowest BCUT2D eigenvalue weighted by Crippen LogP contribution is -2.30. The van der Waals surface area contributed by atoms with Gasteiger partial charge in [-0.1, -0.05) is 78.9 Å². The Morgan fingerprint density at radius 2 is 1.61 bits per heavy atom. The summed E-state index contributed by atoms with van der Waals surface area (Å²) in [4.78, 5) is 27.2. The molecule has 1 unspecified atom stereocenters. The first-order valence-corrected chi connectivity index (χ1v) is 14.1. The lowest BCUT2D eigenvalue weighted by atomic mass is 9.97. The van der Waals surface area contributed by atoms with Crippen molar-refractivity contribution in [1.29, 1.82) is 0 Å². The molecule has 1 aliphatic rings. The van der Waals surface area contributed by atoms with Crippen LogP contribution in [0.3, 0.4) is 0 Å². The van der Waals surface area contributed by atoms with E-state index in [1.165, 1.54) is 16.3 Å². The Morgan fingerprint density at radius 1 is 0.854 bits per heavy atom. The van der Waals surface area contributed by atoms with E-state index in [1.807, 2.05) is 55.5 Å². The van der Waals surface area contributed by atoms with Crippen LogP contribution in [0.25, 0.3) is 21.9 Å². The number of benzene rings is 5. The molecule has 5 aromatic rings. The van der Waals surface area contributed by atoms with E-state index in [1.54, 1.807) is 12.1 Å². The molecule has 1 atom stereocenters. The molecule has 0 fully saturated rings. The third kappa shape index (κ3) is 5.57. The molecule has 2 N–H and O–H groups in total. The number of carbonyl (C=O) groups is 2. The highest BCUT2D eigenvalue weighted by atomic mass is 16.4. The number of aryl methyl sites for hydroxylation is 1. The molecule has 5 aromatic carbocycles. The molecule has 5 heteroatoms. The van der Waals surface area contributed by atoms with Crippen molar-refractivity contribution in [3.63, 3.8) is 0 Å². The molecule has 5 nitrogen and oxygen atoms in total. The van der Waals surface area contributed by atoms with Crippen molar-refractivity contribution in [3.05, 3.63) is 137 Å². The second kappa shape index (κ2) is 11.3. The summed E-state index contributed by atoms with van der Waals surface area (Å²) in [6, 6.07) is 35.7. The summed E-state index contributed by atoms with van der Waals surface area (Å²) in [5.74, 6) is -0.992. The fourth-order valence-corrected chi connectivity index (χ4v) is 5.75. The third-order valence-corrected chi connectivity index (χ3v) is 7.97. The first kappa shape index (κ1) is 26.3. The summed E-state index contributed by atoms with van der Waals surface area (Å²) in [6.07, 6.45) is 1.97. The Labute approximate surface area is 240 Å². The lowest BCUT2D eigenvalue weighted by Gasteiger charge is -2.32. The molecule has 204 valence electrons. The van der Waals surface area contributed by atoms with Gasteiger partial charge in [0.25, 0.3) is 5.91 Å². The number of rotatable bonds is 7. The van der Waals surface area contributed by atoms with E-state index in [9.17, 15) is 14.7 Å². The third-order valence-electron chi connectivity index (χ3n) is 7.97. The van der Waals surface area contributed by atoms with Crippen LogP contribution in [0.1, 0.15) is 56.8 Å². The molecule has 6 rings (SSSR count). The smallest absolute Gasteiger partial charge is 0.336 e. The number of carboxylic acids is 1. The number of carboxylic acid groups (broad SMARTS) is 1. The van der Waals surface area contributed by atoms with Gasteiger partial charge in [0, 0.05) is 24.3 Å². The van der Waals surface area contributed by atoms with Crippen molar-refractivity contribution < 1.29 is 14.7 Å². The van der Waals surface area contributed by atoms with E-state index in [4.69, 9.17) is 0 Å². The Hall–Kier alpha value is -4.90. The normalized spacial score (nSPS) is 13.4. The van der Waals surface area contributed by atoms with Crippen LogP contribution >= 0.6 is 0 Å². The van der Waals surface area contributed by atoms with Crippen LogP contribution in [-0.4, -0.2) is 23.5 Å². The fourth-order valence-electron chi connectivity index (χ4n) is 5.75. The quantitative estimate of drug-likeness (QED) is 0.222. The van der Waals surface area contributed by atoms with Crippen LogP contribution in [0.2, 0.25) is 0 Å². The van der Waals surface area contributed by atoms with Gasteiger partial charge in [-0.25, -0.2) is 4.79 Å². The molecule has 1 heterocycles. The molecular weight excluding hydrogens is 508 g/mol. The Kier molecular flexibility index (Phi) is 7.26. The Bertz CT molecular complexity index is 1740. The number of aromatic carboxylic acids is 1. The first-order valence-electron chi connectivity index (χ1n) is 14.1. The zero-order valence-corrected chi connectivity index (χ0v) is 23.0. The molecule has 0 bridgehead atoms. The predicted molar refractivity (Wildman–Crippen MR) is 164 cm³/mol. The molecule has 0 radical (unpaired) electrons. The molecular formula is C36H32N2O3. The summed E-state index contributed by atoms with van der Waals surface area (Å²) < 4.78 is 0. The van der Waals surface area contributed by atoms with E-state index < -0.39 is 5.97 Å². The molecule has 0 aliphatic carbocycles. The van der Waals surface area contributed by atoms with Crippen LogP contribution < -0.4 is 10.2 Å². The molecule has 0 saturated heterocycles. The lowest BCUT2D eigenvalue weighted by molar-refractivity contribution is 0.0697. The van der Waals surface area contributed by atoms with Gasteiger partial charge >= 0.3 is 5.97 Å². The van der Waals surface area contributed by atoms with Crippen molar-refractivity contribution in [2.45, 2.75) is 32.4 Å². The van der Waals surface area contributed by atoms with Gasteiger partial charge in [-0.3, -0.25) is 4.79 Å². The first-order chi connectivity index (χ1) is 20.0. The van der Waals surface area contributed by atoms with E-state index in [-0.39, 0.29) is 11.9 Å². The maximum absolute atomic E-state index is 13.2. The zero-order chi connectivity index (χ0) is 28.3. The van der Waals surface area contributed by atoms with Gasteiger partial charge in [-0.05, 0) is 88.7 Å². The average molecular weight is 541 g/mol. The minimum Gasteiger partial charge on any atom is -0.478 e. The van der Waals surface area contributed by atoms with Gasteiger partial charge in [-0.15, -0.1) is 0 Å². The topological polar surface area (TPSA) is 69.6 Å². The zero-order valence-electron chi connectivity index (χ0n) is 23.0. The van der Waals surface area contributed by atoms with Crippen molar-refractivity contribution >= 4 is 28.3 Å². The van der Waals surface area contributed by atoms with Gasteiger partial charge in [0.05, 0.1) is 11.6 Å². The summed E-state index contributed by atoms with van der Waals surface area (Å²) in [5.41, 5.74) is 7.18. The second-order valence-corrected chi connectivity index (χ2v) is 10.7. The minimum atomic E-state index is -0.925. The summed E-state index contributed by atoms with van der Waals surface area (Å²) in [6.45, 7) is 3.72. The molecule has 0 aromatic heterocycles. The Morgan fingerprint density at radius 3 is 2.41 bits per heavy atom. The van der Waals surface area contributed by atoms with Gasteiger partial charge in [0.2, 0.25) is 0 Å². The van der Waals surface area contributed by atoms with Crippen LogP contribution in [0.5, 0.6) is 0 Å². The minimum absolute atomic E-state index is 0.0668. The van der Waals surface area contributed by atoms with E-state index in [0.29, 0.717) is 11.1 Å². The van der Waals surface area contributed by atoms with Crippen LogP contribution in [0.4, 0.5) is 5.69 Å². The summed E-state index contributed by atoms with van der Waals surface area (Å²) >= 11 is 0. The number of nitrogens with zero attached hydrogens (tertiary/aromatic N) is 1. The summed E-state index contributed by atoms with van der Waals surface area (Å²) in [5, 5.41) is 15.1. The van der Waals surface area contributed by atoms with E-state index in [0.717, 1.165) is 53.9 Å². The highest BCUT2D eigenvalue weighted by Crippen LogP contribution is 2.31. The van der Waals surface area contributed by atoms with Crippen LogP contribution in [0, 0.1) is 0 Å². The number of fused-ring (bicyclic) bond motifs is 2. The summed E-state index contributed by atoms with van der Waals surface area (Å²) in [7, 11) is 0. The second-order valence-electron chi connectivity index (χ2n) is 10.7. The Balaban J connectivity index is 1.15. The fraction of sp³-hybridized carbons (Fsp3) is 0.167. The predicted octanol–water partition coefficient (Wildman–Crippen LogP) is 7.65. The van der Waals surface area contributed by atoms with Crippen molar-refractivity contribution in [2.24, 2.45) is 0 Å². The SMILES string of the molecule is CC(NC(=O)c1ccc2c(c1)CCCN2Cc1ccc(-c2ccccc2C(=O)O)cc1)c1ccc2ccccc2c1. The molecule has 41 heavy (non-hydrogen) atoms. The molecule has 0 spiro atoms. The molecule has 1 aliphatic heterocycles. The maximum atomic E-state index is 13.2. The molecule has 1 amide bonds. The van der Waals surface area contributed by atoms with Gasteiger partial charge in [-0.2, -0.15) is 0 Å². The number of hydrogen-bond acceptors (Lipinski definition) is 3. The number of amides is 1. The highest BCUT2D eigenvalue weighted by Gasteiger charge is 2.20. The van der Waals surface area contributed by atoms with Crippen molar-refractivity contribution in [1.82, 2.24) is 5.32 Å². The van der Waals surface area contributed by atoms with Crippen molar-refractivity contribution in [3.8, 4) is 11.1 Å². The standard InChI is InChI=1S/C36H32N2O3/c1-24(28-17-16-26-7-2-3-8-29(26)21-28)37-35(39)31-18-19-34-30(22-31)9-6-20-38(34)23-25-12-14-27(15-13-25)32-10-4-5-11-33(32)36(40)41/h2-5,7-8,10-19,21-22,24H,6,9,20,23H2,1H3,(H,37,39)(H,40,41). The van der Waals surface area contributed by atoms with Crippen LogP contribution in [-0.2, 0) is 13.0 Å². The van der Waals surface area contributed by atoms with E-state index >= 15 is 0 Å². The molecule has 0 saturated carbocycles. The number of nitrogens with one attached hydrogen (secondary N) is 1. The maximum Gasteiger partial charge on any atom is 0.336 e. The van der Waals surface area contributed by atoms with Gasteiger partial charge in [0.1, 0.15) is 0 Å². The van der Waals surface area contributed by atoms with Crippen molar-refractivity contribution in [2.75, 3.05) is 11.4 Å².